The number of rotatable bonds is 5. The molecular formula is C14H15BN2O6S2. The molecule has 0 atom stereocenters. The Balaban J connectivity index is 1.81. The van der Waals surface area contributed by atoms with Gasteiger partial charge in [-0.1, -0.05) is 6.07 Å². The van der Waals surface area contributed by atoms with E-state index >= 15 is 0 Å². The number of hydrogen-bond acceptors (Lipinski definition) is 6. The van der Waals surface area contributed by atoms with Crippen molar-refractivity contribution < 1.29 is 26.5 Å². The van der Waals surface area contributed by atoms with Crippen LogP contribution in [0, 0.1) is 0 Å². The average Bonchev–Trinajstić information content (AvgIpc) is 2.87. The Hall–Kier alpha value is -2.08. The van der Waals surface area contributed by atoms with Crippen LogP contribution in [0.1, 0.15) is 5.56 Å². The molecule has 0 saturated heterocycles. The lowest BCUT2D eigenvalue weighted by Crippen LogP contribution is -2.28. The van der Waals surface area contributed by atoms with Crippen molar-refractivity contribution in [3.63, 3.8) is 0 Å². The molecule has 0 saturated carbocycles. The smallest absolute Gasteiger partial charge is 0.423 e. The van der Waals surface area contributed by atoms with Gasteiger partial charge in [0.2, 0.25) is 10.0 Å². The fraction of sp³-hybridized carbons (Fsp3) is 0.143. The van der Waals surface area contributed by atoms with Crippen LogP contribution in [0.15, 0.2) is 47.4 Å². The van der Waals surface area contributed by atoms with E-state index in [0.717, 1.165) is 11.8 Å². The largest absolute Gasteiger partial charge is 0.491 e. The van der Waals surface area contributed by atoms with E-state index in [9.17, 15) is 21.9 Å². The van der Waals surface area contributed by atoms with Crippen molar-refractivity contribution in [2.75, 3.05) is 15.7 Å². The molecule has 0 fully saturated rings. The molecule has 3 N–H and O–H groups in total. The Morgan fingerprint density at radius 3 is 2.28 bits per heavy atom. The monoisotopic (exact) mass is 382 g/mol. The zero-order chi connectivity index (χ0) is 18.2. The maximum atomic E-state index is 12.4. The first-order chi connectivity index (χ1) is 11.6. The fourth-order valence-electron chi connectivity index (χ4n) is 2.41. The van der Waals surface area contributed by atoms with Crippen molar-refractivity contribution >= 4 is 44.0 Å². The molecule has 0 aromatic heterocycles. The topological polar surface area (TPSA) is 122 Å². The molecule has 25 heavy (non-hydrogen) atoms. The molecule has 0 amide bonds. The molecule has 0 unspecified atom stereocenters. The third-order valence-corrected chi connectivity index (χ3v) is 5.53. The normalized spacial score (nSPS) is 14.2. The molecule has 2 aromatic rings. The highest BCUT2D eigenvalue weighted by Gasteiger charge is 2.27. The molecule has 0 aliphatic carbocycles. The van der Waals surface area contributed by atoms with Crippen LogP contribution in [-0.2, 0) is 31.3 Å². The maximum Gasteiger partial charge on any atom is 0.491 e. The molecular weight excluding hydrogens is 367 g/mol. The highest BCUT2D eigenvalue weighted by atomic mass is 32.2. The predicted molar refractivity (Wildman–Crippen MR) is 94.6 cm³/mol. The molecule has 0 bridgehead atoms. The van der Waals surface area contributed by atoms with Crippen molar-refractivity contribution in [3.05, 3.63) is 48.0 Å². The summed E-state index contributed by atoms with van der Waals surface area (Å²) in [5, 5.41) is 9.69. The predicted octanol–water partition coefficient (Wildman–Crippen LogP) is 0.0766. The Morgan fingerprint density at radius 1 is 1.00 bits per heavy atom. The van der Waals surface area contributed by atoms with Gasteiger partial charge in [0.1, 0.15) is 0 Å². The summed E-state index contributed by atoms with van der Waals surface area (Å²) in [6.45, 7) is 0.276. The van der Waals surface area contributed by atoms with E-state index in [1.807, 2.05) is 0 Å². The molecule has 1 heterocycles. The highest BCUT2D eigenvalue weighted by molar-refractivity contribution is 7.92. The SMILES string of the molecule is CS(=O)(=O)Nc1ccc(S(=O)(=O)Nc2ccc3c(c2)B(O)OC3)cc1. The second-order valence-corrected chi connectivity index (χ2v) is 9.01. The van der Waals surface area contributed by atoms with Gasteiger partial charge in [0.05, 0.1) is 17.8 Å². The van der Waals surface area contributed by atoms with Crippen LogP contribution >= 0.6 is 0 Å². The Bertz CT molecular complexity index is 1010. The minimum absolute atomic E-state index is 0.0242. The van der Waals surface area contributed by atoms with Gasteiger partial charge in [-0.05, 0) is 47.4 Å². The zero-order valence-electron chi connectivity index (χ0n) is 13.1. The van der Waals surface area contributed by atoms with Crippen LogP contribution in [0.5, 0.6) is 0 Å². The number of fused-ring (bicyclic) bond motifs is 1. The van der Waals surface area contributed by atoms with Gasteiger partial charge >= 0.3 is 7.12 Å². The second-order valence-electron chi connectivity index (χ2n) is 5.58. The highest BCUT2D eigenvalue weighted by Crippen LogP contribution is 2.20. The van der Waals surface area contributed by atoms with Gasteiger partial charge in [-0.3, -0.25) is 9.44 Å². The van der Waals surface area contributed by atoms with Crippen LogP contribution in [-0.4, -0.2) is 35.2 Å². The summed E-state index contributed by atoms with van der Waals surface area (Å²) in [7, 11) is -8.36. The minimum atomic E-state index is -3.86. The van der Waals surface area contributed by atoms with Crippen molar-refractivity contribution in [1.29, 1.82) is 0 Å². The van der Waals surface area contributed by atoms with Crippen LogP contribution in [0.3, 0.4) is 0 Å². The first-order valence-electron chi connectivity index (χ1n) is 7.17. The summed E-state index contributed by atoms with van der Waals surface area (Å²) in [6.07, 6.45) is 1.01. The van der Waals surface area contributed by atoms with Crippen LogP contribution in [0.4, 0.5) is 11.4 Å². The molecule has 1 aliphatic heterocycles. The number of sulfonamides is 2. The summed E-state index contributed by atoms with van der Waals surface area (Å²) in [5.41, 5.74) is 1.88. The van der Waals surface area contributed by atoms with Gasteiger partial charge in [0.25, 0.3) is 10.0 Å². The van der Waals surface area contributed by atoms with Crippen molar-refractivity contribution in [2.45, 2.75) is 11.5 Å². The van der Waals surface area contributed by atoms with Gasteiger partial charge in [0, 0.05) is 11.4 Å². The van der Waals surface area contributed by atoms with Gasteiger partial charge in [-0.15, -0.1) is 0 Å². The van der Waals surface area contributed by atoms with Gasteiger partial charge < -0.3 is 9.68 Å². The van der Waals surface area contributed by atoms with E-state index in [1.54, 1.807) is 12.1 Å². The van der Waals surface area contributed by atoms with Crippen molar-refractivity contribution in [3.8, 4) is 0 Å². The lowest BCUT2D eigenvalue weighted by atomic mass is 9.79. The lowest BCUT2D eigenvalue weighted by Gasteiger charge is -2.10. The molecule has 0 spiro atoms. The fourth-order valence-corrected chi connectivity index (χ4v) is 4.02. The summed E-state index contributed by atoms with van der Waals surface area (Å²) in [4.78, 5) is -0.0242. The molecule has 8 nitrogen and oxygen atoms in total. The van der Waals surface area contributed by atoms with Gasteiger partial charge in [-0.25, -0.2) is 16.8 Å². The second kappa shape index (κ2) is 6.34. The van der Waals surface area contributed by atoms with E-state index in [4.69, 9.17) is 4.65 Å². The van der Waals surface area contributed by atoms with E-state index < -0.39 is 27.2 Å². The number of hydrogen-bond donors (Lipinski definition) is 3. The Kier molecular flexibility index (Phi) is 4.50. The quantitative estimate of drug-likeness (QED) is 0.630. The zero-order valence-corrected chi connectivity index (χ0v) is 14.8. The number of anilines is 2. The van der Waals surface area contributed by atoms with Crippen molar-refractivity contribution in [1.82, 2.24) is 0 Å². The van der Waals surface area contributed by atoms with Crippen LogP contribution in [0.2, 0.25) is 0 Å². The van der Waals surface area contributed by atoms with Gasteiger partial charge in [0.15, 0.2) is 0 Å². The number of benzene rings is 2. The van der Waals surface area contributed by atoms with Gasteiger partial charge in [-0.2, -0.15) is 0 Å². The van der Waals surface area contributed by atoms with Crippen LogP contribution in [0.25, 0.3) is 0 Å². The maximum absolute atomic E-state index is 12.4. The summed E-state index contributed by atoms with van der Waals surface area (Å²) in [6, 6.07) is 10.1. The summed E-state index contributed by atoms with van der Waals surface area (Å²) >= 11 is 0. The third-order valence-electron chi connectivity index (χ3n) is 3.53. The van der Waals surface area contributed by atoms with E-state index in [0.29, 0.717) is 11.2 Å². The Labute approximate surface area is 146 Å². The van der Waals surface area contributed by atoms with E-state index in [2.05, 4.69) is 9.44 Å². The Morgan fingerprint density at radius 2 is 1.64 bits per heavy atom. The molecule has 1 aliphatic rings. The lowest BCUT2D eigenvalue weighted by molar-refractivity contribution is 0.275. The van der Waals surface area contributed by atoms with Crippen LogP contribution < -0.4 is 14.9 Å². The standard InChI is InChI=1S/C14H15BN2O6S2/c1-24(19,20)16-11-4-6-13(7-5-11)25(21,22)17-12-3-2-10-9-23-15(18)14(10)8-12/h2-8,16-18H,9H2,1H3. The molecule has 3 rings (SSSR count). The summed E-state index contributed by atoms with van der Waals surface area (Å²) in [5.74, 6) is 0. The molecule has 11 heteroatoms. The molecule has 2 aromatic carbocycles. The first-order valence-corrected chi connectivity index (χ1v) is 10.5. The van der Waals surface area contributed by atoms with Crippen molar-refractivity contribution in [2.24, 2.45) is 0 Å². The summed E-state index contributed by atoms with van der Waals surface area (Å²) < 4.78 is 57.0. The van der Waals surface area contributed by atoms with E-state index in [-0.39, 0.29) is 17.2 Å². The molecule has 132 valence electrons. The number of nitrogens with one attached hydrogen (secondary N) is 2. The third kappa shape index (κ3) is 4.13. The van der Waals surface area contributed by atoms with E-state index in [1.165, 1.54) is 30.3 Å². The first kappa shape index (κ1) is 17.7. The average molecular weight is 382 g/mol. The minimum Gasteiger partial charge on any atom is -0.423 e. The molecule has 0 radical (unpaired) electrons.